The number of aryl methyl sites for hydroxylation is 1. The first kappa shape index (κ1) is 31.8. The number of aliphatic hydroxyl groups is 1. The lowest BCUT2D eigenvalue weighted by Gasteiger charge is -2.14. The van der Waals surface area contributed by atoms with Crippen LogP contribution in [-0.2, 0) is 11.0 Å². The molecule has 0 radical (unpaired) electrons. The van der Waals surface area contributed by atoms with E-state index in [1.54, 1.807) is 20.8 Å². The van der Waals surface area contributed by atoms with E-state index in [9.17, 15) is 35.5 Å². The number of hydrogen-bond acceptors (Lipinski definition) is 5. The quantitative estimate of drug-likeness (QED) is 0.356. The zero-order chi connectivity index (χ0) is 28.8. The molecule has 2 aromatic heterocycles. The van der Waals surface area contributed by atoms with Crippen LogP contribution in [0.4, 0.5) is 30.7 Å². The number of carbonyl (C=O) groups is 1. The predicted molar refractivity (Wildman–Crippen MR) is 123 cm³/mol. The number of fused-ring (bicyclic) bond motifs is 1. The number of imidazole rings is 1. The lowest BCUT2D eigenvalue weighted by Crippen LogP contribution is -2.22. The Morgan fingerprint density at radius 3 is 2.05 bits per heavy atom. The molecule has 13 heteroatoms. The van der Waals surface area contributed by atoms with Gasteiger partial charge in [-0.2, -0.15) is 13.2 Å². The Bertz CT molecular complexity index is 1200. The van der Waals surface area contributed by atoms with Gasteiger partial charge in [0.1, 0.15) is 28.6 Å². The van der Waals surface area contributed by atoms with Crippen LogP contribution < -0.4 is 4.74 Å². The highest BCUT2D eigenvalue weighted by atomic mass is 19.4. The van der Waals surface area contributed by atoms with Crippen molar-refractivity contribution < 1.29 is 45.4 Å². The number of pyridine rings is 1. The highest BCUT2D eigenvalue weighted by molar-refractivity contribution is 5.78. The van der Waals surface area contributed by atoms with Crippen molar-refractivity contribution in [1.29, 1.82) is 0 Å². The molecule has 0 aliphatic carbocycles. The first-order chi connectivity index (χ1) is 16.9. The fourth-order valence-electron chi connectivity index (χ4n) is 2.99. The van der Waals surface area contributed by atoms with E-state index in [4.69, 9.17) is 5.11 Å². The minimum absolute atomic E-state index is 0.0746. The zero-order valence-corrected chi connectivity index (χ0v) is 21.1. The second-order valence-electron chi connectivity index (χ2n) is 8.07. The number of ketones is 1. The summed E-state index contributed by atoms with van der Waals surface area (Å²) in [7, 11) is 0. The zero-order valence-electron chi connectivity index (χ0n) is 21.1. The smallest absolute Gasteiger partial charge is 0.406 e. The molecule has 37 heavy (non-hydrogen) atoms. The van der Waals surface area contributed by atoms with E-state index in [-0.39, 0.29) is 34.9 Å². The molecule has 0 spiro atoms. The molecule has 2 heterocycles. The molecule has 0 amide bonds. The topological polar surface area (TPSA) is 77.2 Å². The second kappa shape index (κ2) is 12.3. The van der Waals surface area contributed by atoms with Gasteiger partial charge in [0.25, 0.3) is 0 Å². The average molecular weight is 539 g/mol. The number of aromatic nitrogens is 3. The van der Waals surface area contributed by atoms with Crippen LogP contribution in [0.2, 0.25) is 0 Å². The third kappa shape index (κ3) is 9.63. The molecule has 0 aliphatic heterocycles. The Balaban J connectivity index is 0.000000529. The highest BCUT2D eigenvalue weighted by Gasteiger charge is 2.34. The van der Waals surface area contributed by atoms with Gasteiger partial charge in [-0.15, -0.1) is 13.2 Å². The van der Waals surface area contributed by atoms with Crippen molar-refractivity contribution in [3.63, 3.8) is 0 Å². The Hall–Kier alpha value is -3.22. The number of hydrogen-bond donors (Lipinski definition) is 1. The molecule has 0 saturated carbocycles. The number of carbonyl (C=O) groups excluding carboxylic acids is 1. The van der Waals surface area contributed by atoms with Crippen LogP contribution >= 0.6 is 0 Å². The van der Waals surface area contributed by atoms with Crippen LogP contribution in [0.1, 0.15) is 59.0 Å². The number of halogens is 7. The number of alkyl halides is 6. The molecule has 0 fully saturated rings. The summed E-state index contributed by atoms with van der Waals surface area (Å²) in [6, 6.07) is 4.06. The maximum Gasteiger partial charge on any atom is 0.573 e. The summed E-state index contributed by atoms with van der Waals surface area (Å²) in [5.74, 6) is -1.73. The Kier molecular flexibility index (Phi) is 10.6. The summed E-state index contributed by atoms with van der Waals surface area (Å²) >= 11 is 0. The SMILES string of the molecule is CC.CCC(=O)CC(C)(C)O.Cc1nc2ccc(C(F)(F)F)nc2n1-c1ccc(OC(F)(F)F)cc1F. The monoisotopic (exact) mass is 539 g/mol. The maximum absolute atomic E-state index is 14.3. The van der Waals surface area contributed by atoms with Crippen molar-refractivity contribution in [3.8, 4) is 11.4 Å². The Morgan fingerprint density at radius 1 is 1.03 bits per heavy atom. The van der Waals surface area contributed by atoms with Gasteiger partial charge in [0, 0.05) is 18.9 Å². The molecule has 0 aliphatic rings. The summed E-state index contributed by atoms with van der Waals surface area (Å²) in [6.45, 7) is 10.5. The standard InChI is InChI=1S/C15H8F7N3O.C7H14O2.C2H6/c1-7-23-10-3-5-12(14(17,18)19)24-13(10)25(7)11-4-2-8(6-9(11)16)26-15(20,21)22;1-4-6(8)5-7(2,3)9;1-2/h2-6H,1H3;9H,4-5H2,1-3H3;1-2H3. The fourth-order valence-corrected chi connectivity index (χ4v) is 2.99. The van der Waals surface area contributed by atoms with Crippen molar-refractivity contribution in [2.45, 2.75) is 72.5 Å². The third-order valence-electron chi connectivity index (χ3n) is 4.38. The van der Waals surface area contributed by atoms with E-state index in [1.165, 1.54) is 6.92 Å². The van der Waals surface area contributed by atoms with E-state index in [0.717, 1.165) is 28.8 Å². The summed E-state index contributed by atoms with van der Waals surface area (Å²) in [5.41, 5.74) is -2.55. The lowest BCUT2D eigenvalue weighted by atomic mass is 10.0. The van der Waals surface area contributed by atoms with Crippen LogP contribution in [0.15, 0.2) is 30.3 Å². The fraction of sp³-hybridized carbons (Fsp3) is 0.458. The lowest BCUT2D eigenvalue weighted by molar-refractivity contribution is -0.274. The third-order valence-corrected chi connectivity index (χ3v) is 4.38. The average Bonchev–Trinajstić information content (AvgIpc) is 3.07. The van der Waals surface area contributed by atoms with Crippen molar-refractivity contribution in [2.24, 2.45) is 0 Å². The second-order valence-corrected chi connectivity index (χ2v) is 8.07. The molecule has 3 aromatic rings. The van der Waals surface area contributed by atoms with Gasteiger partial charge < -0.3 is 9.84 Å². The number of Topliss-reactive ketones (excluding diaryl/α,β-unsaturated/α-hetero) is 1. The van der Waals surface area contributed by atoms with Crippen molar-refractivity contribution in [2.75, 3.05) is 0 Å². The van der Waals surface area contributed by atoms with Crippen molar-refractivity contribution in [1.82, 2.24) is 14.5 Å². The number of benzene rings is 1. The van der Waals surface area contributed by atoms with Gasteiger partial charge in [0.15, 0.2) is 11.5 Å². The summed E-state index contributed by atoms with van der Waals surface area (Å²) < 4.78 is 94.0. The summed E-state index contributed by atoms with van der Waals surface area (Å²) in [6.07, 6.45) is -8.94. The number of ether oxygens (including phenoxy) is 1. The molecule has 1 aromatic carbocycles. The van der Waals surface area contributed by atoms with Crippen LogP contribution in [0.3, 0.4) is 0 Å². The molecule has 206 valence electrons. The van der Waals surface area contributed by atoms with Gasteiger partial charge in [0.05, 0.1) is 11.3 Å². The maximum atomic E-state index is 14.3. The van der Waals surface area contributed by atoms with Crippen LogP contribution in [-0.4, -0.2) is 37.4 Å². The highest BCUT2D eigenvalue weighted by Crippen LogP contribution is 2.31. The predicted octanol–water partition coefficient (Wildman–Crippen LogP) is 6.94. The molecule has 6 nitrogen and oxygen atoms in total. The molecule has 0 bridgehead atoms. The van der Waals surface area contributed by atoms with E-state index < -0.39 is 35.4 Å². The molecular weight excluding hydrogens is 511 g/mol. The van der Waals surface area contributed by atoms with Crippen molar-refractivity contribution >= 4 is 16.9 Å². The van der Waals surface area contributed by atoms with Crippen LogP contribution in [0, 0.1) is 12.7 Å². The van der Waals surface area contributed by atoms with Crippen LogP contribution in [0.25, 0.3) is 16.9 Å². The van der Waals surface area contributed by atoms with E-state index in [1.807, 2.05) is 13.8 Å². The van der Waals surface area contributed by atoms with Gasteiger partial charge in [-0.3, -0.25) is 9.36 Å². The minimum atomic E-state index is -5.01. The molecular formula is C24H28F7N3O3. The van der Waals surface area contributed by atoms with Gasteiger partial charge in [0.2, 0.25) is 0 Å². The minimum Gasteiger partial charge on any atom is -0.406 e. The van der Waals surface area contributed by atoms with Gasteiger partial charge in [-0.25, -0.2) is 14.4 Å². The summed E-state index contributed by atoms with van der Waals surface area (Å²) in [4.78, 5) is 18.1. The molecule has 1 N–H and O–H groups in total. The normalized spacial score (nSPS) is 11.8. The molecule has 0 unspecified atom stereocenters. The van der Waals surface area contributed by atoms with Crippen molar-refractivity contribution in [3.05, 3.63) is 47.7 Å². The molecule has 3 rings (SSSR count). The summed E-state index contributed by atoms with van der Waals surface area (Å²) in [5, 5.41) is 9.10. The van der Waals surface area contributed by atoms with Gasteiger partial charge >= 0.3 is 12.5 Å². The van der Waals surface area contributed by atoms with Crippen LogP contribution in [0.5, 0.6) is 5.75 Å². The van der Waals surface area contributed by atoms with Gasteiger partial charge in [-0.05, 0) is 45.0 Å². The number of nitrogens with zero attached hydrogens (tertiary/aromatic N) is 3. The largest absolute Gasteiger partial charge is 0.573 e. The number of rotatable bonds is 5. The Labute approximate surface area is 209 Å². The Morgan fingerprint density at radius 2 is 1.62 bits per heavy atom. The molecule has 0 atom stereocenters. The van der Waals surface area contributed by atoms with E-state index in [2.05, 4.69) is 14.7 Å². The first-order valence-electron chi connectivity index (χ1n) is 11.1. The van der Waals surface area contributed by atoms with E-state index >= 15 is 0 Å². The molecule has 0 saturated heterocycles. The van der Waals surface area contributed by atoms with E-state index in [0.29, 0.717) is 12.5 Å². The first-order valence-corrected chi connectivity index (χ1v) is 11.1. The van der Waals surface area contributed by atoms with Gasteiger partial charge in [-0.1, -0.05) is 20.8 Å².